The molecule has 0 radical (unpaired) electrons. The highest BCUT2D eigenvalue weighted by Crippen LogP contribution is 2.28. The molecule has 1 atom stereocenters. The van der Waals surface area contributed by atoms with Crippen molar-refractivity contribution in [2.75, 3.05) is 0 Å². The number of rotatable bonds is 1. The lowest BCUT2D eigenvalue weighted by Crippen LogP contribution is -1.97. The highest BCUT2D eigenvalue weighted by atomic mass is 15.3. The van der Waals surface area contributed by atoms with Crippen molar-refractivity contribution in [1.29, 1.82) is 0 Å². The van der Waals surface area contributed by atoms with Crippen molar-refractivity contribution in [2.45, 2.75) is 12.3 Å². The predicted molar refractivity (Wildman–Crippen MR) is 59.5 cm³/mol. The Morgan fingerprint density at radius 2 is 2.27 bits per heavy atom. The lowest BCUT2D eigenvalue weighted by Gasteiger charge is -2.13. The van der Waals surface area contributed by atoms with Crippen LogP contribution in [0.25, 0.3) is 11.0 Å². The Kier molecular flexibility index (Phi) is 1.88. The van der Waals surface area contributed by atoms with Gasteiger partial charge in [-0.2, -0.15) is 0 Å². The molecule has 2 aromatic rings. The van der Waals surface area contributed by atoms with Crippen LogP contribution in [0.4, 0.5) is 0 Å². The molecule has 0 bridgehead atoms. The number of allylic oxidation sites excluding steroid dienone is 4. The normalized spacial score (nSPS) is 19.9. The van der Waals surface area contributed by atoms with Crippen molar-refractivity contribution in [3.8, 4) is 0 Å². The summed E-state index contributed by atoms with van der Waals surface area (Å²) in [7, 11) is 0. The van der Waals surface area contributed by atoms with Gasteiger partial charge in [-0.1, -0.05) is 41.7 Å². The molecule has 1 unspecified atom stereocenters. The van der Waals surface area contributed by atoms with Gasteiger partial charge in [-0.3, -0.25) is 5.10 Å². The summed E-state index contributed by atoms with van der Waals surface area (Å²) in [6, 6.07) is 6.17. The predicted octanol–water partition coefficient (Wildman–Crippen LogP) is 2.56. The maximum atomic E-state index is 4.13. The second-order valence-corrected chi connectivity index (χ2v) is 3.71. The molecule has 15 heavy (non-hydrogen) atoms. The van der Waals surface area contributed by atoms with E-state index in [0.29, 0.717) is 5.92 Å². The first-order chi connectivity index (χ1) is 7.45. The number of nitrogens with one attached hydrogen (secondary N) is 1. The van der Waals surface area contributed by atoms with Crippen LogP contribution in [-0.2, 0) is 0 Å². The van der Waals surface area contributed by atoms with E-state index in [9.17, 15) is 0 Å². The van der Waals surface area contributed by atoms with E-state index < -0.39 is 0 Å². The summed E-state index contributed by atoms with van der Waals surface area (Å²) in [6.07, 6.45) is 9.61. The summed E-state index contributed by atoms with van der Waals surface area (Å²) in [6.45, 7) is 0. The second kappa shape index (κ2) is 3.35. The minimum absolute atomic E-state index is 0.434. The molecular weight excluding hydrogens is 186 g/mol. The molecule has 0 amide bonds. The van der Waals surface area contributed by atoms with Crippen LogP contribution in [0.3, 0.4) is 0 Å². The SMILES string of the molecule is C1=CCC(c2cccc3[nH]nnc23)C=C1. The highest BCUT2D eigenvalue weighted by molar-refractivity contribution is 5.78. The standard InChI is InChI=1S/C12H11N3/c1-2-5-9(6-3-1)10-7-4-8-11-12(10)14-15-13-11/h1-5,7-9H,6H2,(H,13,14,15). The van der Waals surface area contributed by atoms with Crippen molar-refractivity contribution in [3.63, 3.8) is 0 Å². The van der Waals surface area contributed by atoms with Crippen LogP contribution < -0.4 is 0 Å². The summed E-state index contributed by atoms with van der Waals surface area (Å²) in [4.78, 5) is 0. The third-order valence-corrected chi connectivity index (χ3v) is 2.77. The number of H-pyrrole nitrogens is 1. The van der Waals surface area contributed by atoms with E-state index in [-0.39, 0.29) is 0 Å². The van der Waals surface area contributed by atoms with Gasteiger partial charge in [0.25, 0.3) is 0 Å². The molecule has 0 fully saturated rings. The first-order valence-corrected chi connectivity index (χ1v) is 5.08. The molecule has 3 nitrogen and oxygen atoms in total. The molecule has 0 aliphatic heterocycles. The molecule has 74 valence electrons. The third kappa shape index (κ3) is 1.36. The van der Waals surface area contributed by atoms with Crippen molar-refractivity contribution < 1.29 is 0 Å². The fourth-order valence-corrected chi connectivity index (χ4v) is 2.00. The molecule has 1 aromatic carbocycles. The number of fused-ring (bicyclic) bond motifs is 1. The van der Waals surface area contributed by atoms with E-state index in [4.69, 9.17) is 0 Å². The highest BCUT2D eigenvalue weighted by Gasteiger charge is 2.13. The summed E-state index contributed by atoms with van der Waals surface area (Å²) in [5, 5.41) is 10.9. The van der Waals surface area contributed by atoms with Crippen LogP contribution in [-0.4, -0.2) is 15.4 Å². The summed E-state index contributed by atoms with van der Waals surface area (Å²) in [5.41, 5.74) is 3.25. The first-order valence-electron chi connectivity index (χ1n) is 5.08. The van der Waals surface area contributed by atoms with E-state index in [2.05, 4.69) is 45.8 Å². The van der Waals surface area contributed by atoms with Gasteiger partial charge in [0.1, 0.15) is 5.52 Å². The molecule has 1 heterocycles. The van der Waals surface area contributed by atoms with Gasteiger partial charge in [0.05, 0.1) is 5.52 Å². The Balaban J connectivity index is 2.13. The van der Waals surface area contributed by atoms with Crippen LogP contribution >= 0.6 is 0 Å². The van der Waals surface area contributed by atoms with E-state index in [0.717, 1.165) is 17.5 Å². The van der Waals surface area contributed by atoms with Gasteiger partial charge >= 0.3 is 0 Å². The van der Waals surface area contributed by atoms with Gasteiger partial charge < -0.3 is 0 Å². The average molecular weight is 197 g/mol. The second-order valence-electron chi connectivity index (χ2n) is 3.71. The summed E-state index contributed by atoms with van der Waals surface area (Å²) in [5.74, 6) is 0.434. The van der Waals surface area contributed by atoms with E-state index in [1.807, 2.05) is 12.1 Å². The smallest absolute Gasteiger partial charge is 0.116 e. The maximum absolute atomic E-state index is 4.13. The van der Waals surface area contributed by atoms with Crippen molar-refractivity contribution in [2.24, 2.45) is 0 Å². The Morgan fingerprint density at radius 1 is 1.27 bits per heavy atom. The molecular formula is C12H11N3. The Bertz CT molecular complexity index is 537. The number of aromatic nitrogens is 3. The van der Waals surface area contributed by atoms with Crippen LogP contribution in [0.2, 0.25) is 0 Å². The van der Waals surface area contributed by atoms with Crippen molar-refractivity contribution >= 4 is 11.0 Å². The molecule has 3 heteroatoms. The minimum atomic E-state index is 0.434. The van der Waals surface area contributed by atoms with Gasteiger partial charge in [-0.05, 0) is 18.1 Å². The number of aromatic amines is 1. The van der Waals surface area contributed by atoms with E-state index >= 15 is 0 Å². The number of hydrogen-bond donors (Lipinski definition) is 1. The first kappa shape index (κ1) is 8.41. The van der Waals surface area contributed by atoms with Gasteiger partial charge in [0.2, 0.25) is 0 Å². The maximum Gasteiger partial charge on any atom is 0.116 e. The largest absolute Gasteiger partial charge is 0.258 e. The van der Waals surface area contributed by atoms with Gasteiger partial charge in [0, 0.05) is 5.92 Å². The number of nitrogens with zero attached hydrogens (tertiary/aromatic N) is 2. The fraction of sp³-hybridized carbons (Fsp3) is 0.167. The zero-order valence-corrected chi connectivity index (χ0v) is 8.22. The number of hydrogen-bond acceptors (Lipinski definition) is 2. The lowest BCUT2D eigenvalue weighted by atomic mass is 9.92. The van der Waals surface area contributed by atoms with E-state index in [1.165, 1.54) is 5.56 Å². The van der Waals surface area contributed by atoms with Gasteiger partial charge in [-0.15, -0.1) is 5.10 Å². The van der Waals surface area contributed by atoms with Crippen LogP contribution in [0.5, 0.6) is 0 Å². The molecule has 1 aromatic heterocycles. The van der Waals surface area contributed by atoms with Crippen LogP contribution in [0.1, 0.15) is 17.9 Å². The molecule has 1 N–H and O–H groups in total. The van der Waals surface area contributed by atoms with Crippen molar-refractivity contribution in [3.05, 3.63) is 48.1 Å². The Hall–Kier alpha value is -1.90. The van der Waals surface area contributed by atoms with Crippen LogP contribution in [0.15, 0.2) is 42.5 Å². The molecule has 1 aliphatic carbocycles. The molecule has 0 saturated heterocycles. The third-order valence-electron chi connectivity index (χ3n) is 2.77. The summed E-state index contributed by atoms with van der Waals surface area (Å²) < 4.78 is 0. The van der Waals surface area contributed by atoms with Crippen molar-refractivity contribution in [1.82, 2.24) is 15.4 Å². The molecule has 1 aliphatic rings. The quantitative estimate of drug-likeness (QED) is 0.763. The lowest BCUT2D eigenvalue weighted by molar-refractivity contribution is 0.856. The zero-order valence-electron chi connectivity index (χ0n) is 8.22. The molecule has 0 saturated carbocycles. The van der Waals surface area contributed by atoms with Gasteiger partial charge in [0.15, 0.2) is 0 Å². The zero-order chi connectivity index (χ0) is 10.1. The Labute approximate surface area is 87.5 Å². The number of benzene rings is 1. The minimum Gasteiger partial charge on any atom is -0.258 e. The Morgan fingerprint density at radius 3 is 3.13 bits per heavy atom. The summed E-state index contributed by atoms with van der Waals surface area (Å²) >= 11 is 0. The van der Waals surface area contributed by atoms with E-state index in [1.54, 1.807) is 0 Å². The monoisotopic (exact) mass is 197 g/mol. The fourth-order valence-electron chi connectivity index (χ4n) is 2.00. The average Bonchev–Trinajstić information content (AvgIpc) is 2.78. The van der Waals surface area contributed by atoms with Crippen LogP contribution in [0, 0.1) is 0 Å². The topological polar surface area (TPSA) is 41.6 Å². The molecule has 3 rings (SSSR count). The molecule has 0 spiro atoms. The van der Waals surface area contributed by atoms with Gasteiger partial charge in [-0.25, -0.2) is 0 Å².